The normalized spacial score (nSPS) is 16.4. The van der Waals surface area contributed by atoms with Gasteiger partial charge >= 0.3 is 0 Å². The van der Waals surface area contributed by atoms with Gasteiger partial charge in [0, 0.05) is 18.2 Å². The fraction of sp³-hybridized carbons (Fsp3) is 0.533. The highest BCUT2D eigenvalue weighted by molar-refractivity contribution is 5.95. The van der Waals surface area contributed by atoms with Crippen LogP contribution in [-0.2, 0) is 0 Å². The van der Waals surface area contributed by atoms with Crippen molar-refractivity contribution < 1.29 is 14.3 Å². The van der Waals surface area contributed by atoms with Crippen LogP contribution in [-0.4, -0.2) is 32.2 Å². The van der Waals surface area contributed by atoms with Crippen molar-refractivity contribution in [2.45, 2.75) is 25.3 Å². The molecule has 1 atom stereocenters. The summed E-state index contributed by atoms with van der Waals surface area (Å²) in [5.74, 6) is 1.51. The van der Waals surface area contributed by atoms with Crippen LogP contribution >= 0.6 is 12.4 Å². The van der Waals surface area contributed by atoms with Crippen molar-refractivity contribution in [1.82, 2.24) is 5.32 Å². The van der Waals surface area contributed by atoms with Gasteiger partial charge in [-0.3, -0.25) is 4.79 Å². The zero-order valence-corrected chi connectivity index (χ0v) is 13.5. The first-order chi connectivity index (χ1) is 9.52. The Morgan fingerprint density at radius 2 is 1.81 bits per heavy atom. The van der Waals surface area contributed by atoms with E-state index < -0.39 is 0 Å². The fourth-order valence-corrected chi connectivity index (χ4v) is 2.31. The molecular weight excluding hydrogens is 292 g/mol. The van der Waals surface area contributed by atoms with Gasteiger partial charge in [0.1, 0.15) is 11.5 Å². The number of amides is 1. The standard InChI is InChI=1S/C15H22N2O3.ClH/c1-15(9-16,11-4-5-11)17-14(18)10-6-12(19-2)8-13(7-10)20-3;/h6-8,11H,4-5,9,16H2,1-3H3,(H,17,18);1H. The molecule has 1 aromatic rings. The molecular formula is C15H23ClN2O3. The quantitative estimate of drug-likeness (QED) is 0.842. The lowest BCUT2D eigenvalue weighted by Gasteiger charge is -2.29. The van der Waals surface area contributed by atoms with Crippen LogP contribution in [0, 0.1) is 5.92 Å². The maximum atomic E-state index is 12.4. The van der Waals surface area contributed by atoms with Gasteiger partial charge in [0.15, 0.2) is 0 Å². The minimum absolute atomic E-state index is 0. The van der Waals surface area contributed by atoms with Crippen LogP contribution in [0.4, 0.5) is 0 Å². The molecule has 1 fully saturated rings. The van der Waals surface area contributed by atoms with E-state index in [0.717, 1.165) is 12.8 Å². The van der Waals surface area contributed by atoms with E-state index in [1.165, 1.54) is 0 Å². The Hall–Kier alpha value is -1.46. The molecule has 6 heteroatoms. The van der Waals surface area contributed by atoms with Gasteiger partial charge in [-0.1, -0.05) is 0 Å². The van der Waals surface area contributed by atoms with E-state index >= 15 is 0 Å². The van der Waals surface area contributed by atoms with E-state index in [-0.39, 0.29) is 23.9 Å². The van der Waals surface area contributed by atoms with Gasteiger partial charge < -0.3 is 20.5 Å². The summed E-state index contributed by atoms with van der Waals surface area (Å²) in [5, 5.41) is 3.05. The minimum atomic E-state index is -0.340. The number of hydrogen-bond donors (Lipinski definition) is 2. The molecule has 0 bridgehead atoms. The van der Waals surface area contributed by atoms with Gasteiger partial charge in [-0.05, 0) is 37.8 Å². The van der Waals surface area contributed by atoms with Gasteiger partial charge in [-0.2, -0.15) is 0 Å². The van der Waals surface area contributed by atoms with E-state index in [9.17, 15) is 4.79 Å². The first-order valence-electron chi connectivity index (χ1n) is 6.78. The summed E-state index contributed by atoms with van der Waals surface area (Å²) >= 11 is 0. The Bertz CT molecular complexity index is 483. The summed E-state index contributed by atoms with van der Waals surface area (Å²) in [5.41, 5.74) is 6.00. The number of benzene rings is 1. The molecule has 1 aliphatic carbocycles. The maximum Gasteiger partial charge on any atom is 0.252 e. The van der Waals surface area contributed by atoms with Crippen molar-refractivity contribution in [1.29, 1.82) is 0 Å². The summed E-state index contributed by atoms with van der Waals surface area (Å²) < 4.78 is 10.4. The summed E-state index contributed by atoms with van der Waals surface area (Å²) in [6.45, 7) is 2.44. The summed E-state index contributed by atoms with van der Waals surface area (Å²) in [6.07, 6.45) is 2.24. The van der Waals surface area contributed by atoms with Crippen molar-refractivity contribution in [3.63, 3.8) is 0 Å². The minimum Gasteiger partial charge on any atom is -0.497 e. The molecule has 1 unspecified atom stereocenters. The van der Waals surface area contributed by atoms with Gasteiger partial charge in [-0.25, -0.2) is 0 Å². The lowest BCUT2D eigenvalue weighted by Crippen LogP contribution is -2.53. The van der Waals surface area contributed by atoms with Crippen molar-refractivity contribution in [2.75, 3.05) is 20.8 Å². The van der Waals surface area contributed by atoms with Crippen LogP contribution in [0.5, 0.6) is 11.5 Å². The highest BCUT2D eigenvalue weighted by atomic mass is 35.5. The number of halogens is 1. The number of methoxy groups -OCH3 is 2. The molecule has 0 saturated heterocycles. The molecule has 1 aromatic carbocycles. The number of nitrogens with two attached hydrogens (primary N) is 1. The van der Waals surface area contributed by atoms with Gasteiger partial charge in [0.2, 0.25) is 0 Å². The van der Waals surface area contributed by atoms with Gasteiger partial charge in [0.05, 0.1) is 19.8 Å². The van der Waals surface area contributed by atoms with Crippen LogP contribution in [0.3, 0.4) is 0 Å². The largest absolute Gasteiger partial charge is 0.497 e. The SMILES string of the molecule is COc1cc(OC)cc(C(=O)NC(C)(CN)C2CC2)c1.Cl. The smallest absolute Gasteiger partial charge is 0.252 e. The predicted octanol–water partition coefficient (Wildman–Crippen LogP) is 1.98. The van der Waals surface area contributed by atoms with Gasteiger partial charge in [-0.15, -0.1) is 12.4 Å². The molecule has 0 spiro atoms. The number of carbonyl (C=O) groups excluding carboxylic acids is 1. The van der Waals surface area contributed by atoms with Crippen molar-refractivity contribution >= 4 is 18.3 Å². The third-order valence-corrected chi connectivity index (χ3v) is 3.92. The molecule has 0 radical (unpaired) electrons. The topological polar surface area (TPSA) is 73.6 Å². The molecule has 2 rings (SSSR count). The predicted molar refractivity (Wildman–Crippen MR) is 84.4 cm³/mol. The Morgan fingerprint density at radius 3 is 2.19 bits per heavy atom. The molecule has 21 heavy (non-hydrogen) atoms. The molecule has 1 aliphatic rings. The molecule has 1 amide bonds. The Labute approximate surface area is 131 Å². The maximum absolute atomic E-state index is 12.4. The summed E-state index contributed by atoms with van der Waals surface area (Å²) in [4.78, 5) is 12.4. The molecule has 0 heterocycles. The summed E-state index contributed by atoms with van der Waals surface area (Å²) in [7, 11) is 3.12. The second-order valence-electron chi connectivity index (χ2n) is 5.45. The molecule has 1 saturated carbocycles. The van der Waals surface area contributed by atoms with E-state index in [0.29, 0.717) is 29.5 Å². The number of rotatable bonds is 6. The van der Waals surface area contributed by atoms with Crippen LogP contribution in [0.25, 0.3) is 0 Å². The lowest BCUT2D eigenvalue weighted by molar-refractivity contribution is 0.0897. The van der Waals surface area contributed by atoms with Crippen LogP contribution in [0.15, 0.2) is 18.2 Å². The number of ether oxygens (including phenoxy) is 2. The number of hydrogen-bond acceptors (Lipinski definition) is 4. The Morgan fingerprint density at radius 1 is 1.29 bits per heavy atom. The molecule has 3 N–H and O–H groups in total. The third kappa shape index (κ3) is 4.02. The number of carbonyl (C=O) groups is 1. The van der Waals surface area contributed by atoms with Gasteiger partial charge in [0.25, 0.3) is 5.91 Å². The molecule has 118 valence electrons. The van der Waals surface area contributed by atoms with Crippen molar-refractivity contribution in [3.8, 4) is 11.5 Å². The first-order valence-corrected chi connectivity index (χ1v) is 6.78. The second-order valence-corrected chi connectivity index (χ2v) is 5.45. The monoisotopic (exact) mass is 314 g/mol. The summed E-state index contributed by atoms with van der Waals surface area (Å²) in [6, 6.07) is 5.13. The average Bonchev–Trinajstić information content (AvgIpc) is 3.31. The van der Waals surface area contributed by atoms with E-state index in [4.69, 9.17) is 15.2 Å². The third-order valence-electron chi connectivity index (χ3n) is 3.92. The van der Waals surface area contributed by atoms with Crippen LogP contribution < -0.4 is 20.5 Å². The number of nitrogens with one attached hydrogen (secondary N) is 1. The highest BCUT2D eigenvalue weighted by Crippen LogP contribution is 2.39. The fourth-order valence-electron chi connectivity index (χ4n) is 2.31. The molecule has 0 aromatic heterocycles. The zero-order valence-electron chi connectivity index (χ0n) is 12.6. The van der Waals surface area contributed by atoms with Crippen LogP contribution in [0.1, 0.15) is 30.1 Å². The lowest BCUT2D eigenvalue weighted by atomic mass is 9.95. The first kappa shape index (κ1) is 17.6. The average molecular weight is 315 g/mol. The Balaban J connectivity index is 0.00000220. The van der Waals surface area contributed by atoms with Crippen molar-refractivity contribution in [3.05, 3.63) is 23.8 Å². The van der Waals surface area contributed by atoms with E-state index in [1.807, 2.05) is 6.92 Å². The van der Waals surface area contributed by atoms with E-state index in [2.05, 4.69) is 5.32 Å². The Kier molecular flexibility index (Phi) is 5.87. The highest BCUT2D eigenvalue weighted by Gasteiger charge is 2.41. The molecule has 0 aliphatic heterocycles. The second kappa shape index (κ2) is 7.00. The molecule has 5 nitrogen and oxygen atoms in total. The van der Waals surface area contributed by atoms with Crippen LogP contribution in [0.2, 0.25) is 0 Å². The van der Waals surface area contributed by atoms with E-state index in [1.54, 1.807) is 32.4 Å². The zero-order chi connectivity index (χ0) is 14.8. The van der Waals surface area contributed by atoms with Crippen molar-refractivity contribution in [2.24, 2.45) is 11.7 Å².